The van der Waals surface area contributed by atoms with Crippen LogP contribution < -0.4 is 16.0 Å². The van der Waals surface area contributed by atoms with Crippen molar-refractivity contribution in [3.05, 3.63) is 78.9 Å². The number of nitrogens with one attached hydrogen (secondary N) is 3. The van der Waals surface area contributed by atoms with Gasteiger partial charge in [0.25, 0.3) is 0 Å². The molecule has 2 aliphatic heterocycles. The lowest BCUT2D eigenvalue weighted by Gasteiger charge is -2.21. The molecule has 1 aromatic heterocycles. The van der Waals surface area contributed by atoms with Crippen molar-refractivity contribution >= 4 is 17.4 Å². The van der Waals surface area contributed by atoms with E-state index in [9.17, 15) is 4.39 Å². The van der Waals surface area contributed by atoms with E-state index in [-0.39, 0.29) is 24.6 Å². The van der Waals surface area contributed by atoms with Gasteiger partial charge in [-0.2, -0.15) is 0 Å². The number of pyridine rings is 1. The van der Waals surface area contributed by atoms with Gasteiger partial charge in [0.05, 0.1) is 55.4 Å². The number of likely N-dealkylation sites (N-methyl/N-ethyl adjacent to an activating group) is 2. The maximum Gasteiger partial charge on any atom is 0.189 e. The Labute approximate surface area is 296 Å². The summed E-state index contributed by atoms with van der Waals surface area (Å²) in [4.78, 5) is 12.8. The van der Waals surface area contributed by atoms with E-state index < -0.39 is 0 Å². The number of allylic oxidation sites excluding steroid dienone is 3. The van der Waals surface area contributed by atoms with Gasteiger partial charge in [-0.25, -0.2) is 14.4 Å². The van der Waals surface area contributed by atoms with E-state index in [1.165, 1.54) is 6.08 Å². The fourth-order valence-corrected chi connectivity index (χ4v) is 4.35. The highest BCUT2D eigenvalue weighted by molar-refractivity contribution is 5.81. The molecule has 3 rings (SSSR count). The Balaban J connectivity index is 0.00000127. The molecule has 2 unspecified atom stereocenters. The maximum atomic E-state index is 14.1. The molecular formula is C37H64FN7O4. The molecule has 3 heterocycles. The third kappa shape index (κ3) is 18.5. The summed E-state index contributed by atoms with van der Waals surface area (Å²) in [6.07, 6.45) is 7.94. The first-order chi connectivity index (χ1) is 23.5. The van der Waals surface area contributed by atoms with Crippen molar-refractivity contribution in [2.75, 3.05) is 80.1 Å². The van der Waals surface area contributed by atoms with Gasteiger partial charge in [0.15, 0.2) is 11.7 Å². The second kappa shape index (κ2) is 27.0. The first-order valence-corrected chi connectivity index (χ1v) is 17.0. The topological polar surface area (TPSA) is 105 Å². The summed E-state index contributed by atoms with van der Waals surface area (Å²) in [6.45, 7) is 25.5. The third-order valence-corrected chi connectivity index (χ3v) is 7.17. The number of ether oxygens (including phenoxy) is 4. The first kappa shape index (κ1) is 45.1. The molecular weight excluding hydrogens is 625 g/mol. The second-order valence-electron chi connectivity index (χ2n) is 10.9. The minimum atomic E-state index is -0.382. The molecule has 11 nitrogen and oxygen atoms in total. The number of anilines is 1. The summed E-state index contributed by atoms with van der Waals surface area (Å²) >= 11 is 0. The molecule has 0 amide bonds. The molecule has 0 bridgehead atoms. The fourth-order valence-electron chi connectivity index (χ4n) is 4.35. The standard InChI is InChI=1S/C25H38FN7O.C7H12O2.C3H8O.C2H6/c1-8-20(26)22(32(4)5)17-29-25-21(11-9-15-28-25)31-24(34-7)13-16-27-14-10-12-23-30-18(2)19(3)33(23)6;1-6-5-7(2)9-4-3-8-6;1-3-4-2;1-2/h8-9,11,15,23,27,30H,1-3,10,12-14,16-17H2,4-7H3,(H,28,29);5-6H,3-4H2,1-2H3;3H2,1-2H3;1-2H3/b22-20+,31-24?;;;. The minimum Gasteiger partial charge on any atom is -0.496 e. The van der Waals surface area contributed by atoms with Gasteiger partial charge >= 0.3 is 0 Å². The van der Waals surface area contributed by atoms with Crippen LogP contribution in [0.2, 0.25) is 0 Å². The van der Waals surface area contributed by atoms with Crippen molar-refractivity contribution in [2.45, 2.75) is 66.2 Å². The van der Waals surface area contributed by atoms with E-state index in [0.717, 1.165) is 49.7 Å². The largest absolute Gasteiger partial charge is 0.496 e. The van der Waals surface area contributed by atoms with Gasteiger partial charge in [-0.05, 0) is 64.4 Å². The van der Waals surface area contributed by atoms with E-state index in [1.807, 2.05) is 53.8 Å². The van der Waals surface area contributed by atoms with Crippen LogP contribution in [0.25, 0.3) is 0 Å². The molecule has 0 radical (unpaired) electrons. The van der Waals surface area contributed by atoms with Gasteiger partial charge in [-0.15, -0.1) is 0 Å². The highest BCUT2D eigenvalue weighted by atomic mass is 19.1. The number of hydrogen-bond acceptors (Lipinski definition) is 11. The van der Waals surface area contributed by atoms with Crippen molar-refractivity contribution in [2.24, 2.45) is 4.99 Å². The minimum absolute atomic E-state index is 0.215. The molecule has 0 aromatic carbocycles. The third-order valence-electron chi connectivity index (χ3n) is 7.17. The van der Waals surface area contributed by atoms with Gasteiger partial charge in [-0.3, -0.25) is 0 Å². The van der Waals surface area contributed by atoms with Gasteiger partial charge in [0.2, 0.25) is 0 Å². The quantitative estimate of drug-likeness (QED) is 0.0841. The van der Waals surface area contributed by atoms with Crippen LogP contribution in [0.5, 0.6) is 0 Å². The molecule has 1 aromatic rings. The molecule has 2 aliphatic rings. The van der Waals surface area contributed by atoms with Gasteiger partial charge in [0.1, 0.15) is 18.1 Å². The van der Waals surface area contributed by atoms with Crippen molar-refractivity contribution < 1.29 is 23.3 Å². The molecule has 0 spiro atoms. The number of methoxy groups -OCH3 is 2. The number of nitrogens with zero attached hydrogens (tertiary/aromatic N) is 4. The Bertz CT molecular complexity index is 1200. The SMILES string of the molecule is C=C/C(F)=C(/CNc1ncccc1N=C(CCNCCCC1NC(=C)C(=C)N1C)OC)N(C)C.CC.CC1=CC(C)OCCO1.CCOC. The molecule has 0 aliphatic carbocycles. The van der Waals surface area contributed by atoms with Crippen LogP contribution in [0.15, 0.2) is 83.9 Å². The van der Waals surface area contributed by atoms with Crippen LogP contribution in [-0.2, 0) is 18.9 Å². The number of hydrogen-bond donors (Lipinski definition) is 3. The summed E-state index contributed by atoms with van der Waals surface area (Å²) in [5.74, 6) is 1.74. The number of aromatic nitrogens is 1. The van der Waals surface area contributed by atoms with Crippen LogP contribution in [0.4, 0.5) is 15.9 Å². The Morgan fingerprint density at radius 2 is 1.94 bits per heavy atom. The zero-order chi connectivity index (χ0) is 37.2. The molecule has 278 valence electrons. The fraction of sp³-hybridized carbons (Fsp3) is 0.568. The van der Waals surface area contributed by atoms with E-state index in [1.54, 1.807) is 45.5 Å². The van der Waals surface area contributed by atoms with Crippen molar-refractivity contribution in [3.63, 3.8) is 0 Å². The van der Waals surface area contributed by atoms with E-state index >= 15 is 0 Å². The Kier molecular flexibility index (Phi) is 24.9. The summed E-state index contributed by atoms with van der Waals surface area (Å²) in [6, 6.07) is 3.65. The van der Waals surface area contributed by atoms with Crippen molar-refractivity contribution in [1.29, 1.82) is 0 Å². The molecule has 12 heteroatoms. The summed E-state index contributed by atoms with van der Waals surface area (Å²) in [5, 5.41) is 9.96. The average molecular weight is 690 g/mol. The van der Waals surface area contributed by atoms with Crippen molar-refractivity contribution in [3.8, 4) is 0 Å². The predicted molar refractivity (Wildman–Crippen MR) is 203 cm³/mol. The molecule has 49 heavy (non-hydrogen) atoms. The van der Waals surface area contributed by atoms with Crippen molar-refractivity contribution in [1.82, 2.24) is 25.4 Å². The number of rotatable bonds is 14. The molecule has 1 saturated heterocycles. The highest BCUT2D eigenvalue weighted by Gasteiger charge is 2.24. The highest BCUT2D eigenvalue weighted by Crippen LogP contribution is 2.24. The molecule has 3 N–H and O–H groups in total. The second-order valence-corrected chi connectivity index (χ2v) is 10.9. The smallest absolute Gasteiger partial charge is 0.189 e. The lowest BCUT2D eigenvalue weighted by atomic mass is 10.2. The molecule has 0 saturated carbocycles. The maximum absolute atomic E-state index is 14.1. The van der Waals surface area contributed by atoms with Crippen LogP contribution in [0.3, 0.4) is 0 Å². The first-order valence-electron chi connectivity index (χ1n) is 17.0. The Morgan fingerprint density at radius 1 is 1.24 bits per heavy atom. The van der Waals surface area contributed by atoms with Crippen LogP contribution in [-0.4, -0.2) is 108 Å². The zero-order valence-electron chi connectivity index (χ0n) is 31.8. The molecule has 2 atom stereocenters. The van der Waals surface area contributed by atoms with Gasteiger partial charge in [0, 0.05) is 54.0 Å². The zero-order valence-corrected chi connectivity index (χ0v) is 31.8. The summed E-state index contributed by atoms with van der Waals surface area (Å²) in [5.41, 5.74) is 2.94. The lowest BCUT2D eigenvalue weighted by molar-refractivity contribution is 0.0713. The lowest BCUT2D eigenvalue weighted by Crippen LogP contribution is -2.33. The van der Waals surface area contributed by atoms with Crippen LogP contribution >= 0.6 is 0 Å². The molecule has 1 fully saturated rings. The summed E-state index contributed by atoms with van der Waals surface area (Å²) in [7, 11) is 8.88. The number of aliphatic imine (C=N–C) groups is 1. The average Bonchev–Trinajstić information content (AvgIpc) is 3.21. The van der Waals surface area contributed by atoms with Crippen LogP contribution in [0.1, 0.15) is 53.9 Å². The Morgan fingerprint density at radius 3 is 2.51 bits per heavy atom. The Hall–Kier alpha value is -3.87. The van der Waals surface area contributed by atoms with Gasteiger partial charge < -0.3 is 44.7 Å². The monoisotopic (exact) mass is 690 g/mol. The predicted octanol–water partition coefficient (Wildman–Crippen LogP) is 6.75. The van der Waals surface area contributed by atoms with E-state index in [2.05, 4.69) is 55.3 Å². The van der Waals surface area contributed by atoms with E-state index in [4.69, 9.17) is 14.2 Å². The van der Waals surface area contributed by atoms with Crippen LogP contribution in [0, 0.1) is 0 Å². The summed E-state index contributed by atoms with van der Waals surface area (Å²) < 4.78 is 34.6. The van der Waals surface area contributed by atoms with Gasteiger partial charge in [-0.1, -0.05) is 33.6 Å². The van der Waals surface area contributed by atoms with E-state index in [0.29, 0.717) is 42.7 Å². The normalized spacial score (nSPS) is 17.6. The number of halogens is 1.